The molecule has 2 aromatic heterocycles. The Bertz CT molecular complexity index is 552. The van der Waals surface area contributed by atoms with Crippen molar-refractivity contribution in [1.29, 1.82) is 0 Å². The molecule has 0 atom stereocenters. The maximum absolute atomic E-state index is 6.29. The average molecular weight is 232 g/mol. The number of aromatic nitrogens is 2. The number of hydrogen-bond donors (Lipinski definition) is 2. The van der Waals surface area contributed by atoms with Crippen LogP contribution >= 0.6 is 0 Å². The first-order valence-corrected chi connectivity index (χ1v) is 5.99. The molecule has 0 radical (unpaired) electrons. The van der Waals surface area contributed by atoms with E-state index in [0.717, 1.165) is 22.3 Å². The van der Waals surface area contributed by atoms with Gasteiger partial charge in [0.2, 0.25) is 0 Å². The molecule has 2 heterocycles. The Labute approximate surface area is 102 Å². The maximum Gasteiger partial charge on any atom is 0.131 e. The lowest BCUT2D eigenvalue weighted by molar-refractivity contribution is 0.818. The van der Waals surface area contributed by atoms with E-state index < -0.39 is 0 Å². The van der Waals surface area contributed by atoms with E-state index in [9.17, 15) is 0 Å². The normalized spacial score (nSPS) is 11.9. The van der Waals surface area contributed by atoms with Gasteiger partial charge >= 0.3 is 0 Å². The van der Waals surface area contributed by atoms with Crippen LogP contribution in [0.4, 0.5) is 11.5 Å². The Balaban J connectivity index is 2.92. The summed E-state index contributed by atoms with van der Waals surface area (Å²) in [5, 5.41) is 4.28. The minimum absolute atomic E-state index is 0.293. The Hall–Kier alpha value is -1.71. The van der Waals surface area contributed by atoms with Gasteiger partial charge in [-0.1, -0.05) is 27.7 Å². The summed E-state index contributed by atoms with van der Waals surface area (Å²) in [7, 11) is 0. The predicted molar refractivity (Wildman–Crippen MR) is 72.2 cm³/mol. The molecular formula is C13H20N4. The van der Waals surface area contributed by atoms with Crippen molar-refractivity contribution in [1.82, 2.24) is 9.61 Å². The molecule has 92 valence electrons. The molecule has 0 aliphatic heterocycles. The number of anilines is 2. The number of pyridine rings is 1. The summed E-state index contributed by atoms with van der Waals surface area (Å²) < 4.78 is 1.79. The highest BCUT2D eigenvalue weighted by Gasteiger charge is 2.20. The first-order chi connectivity index (χ1) is 7.95. The monoisotopic (exact) mass is 232 g/mol. The van der Waals surface area contributed by atoms with Crippen LogP contribution in [0.5, 0.6) is 0 Å². The molecule has 0 spiro atoms. The molecule has 4 N–H and O–H groups in total. The van der Waals surface area contributed by atoms with Gasteiger partial charge in [0.1, 0.15) is 5.82 Å². The first kappa shape index (κ1) is 11.8. The van der Waals surface area contributed by atoms with Crippen molar-refractivity contribution in [2.75, 3.05) is 11.5 Å². The van der Waals surface area contributed by atoms with Gasteiger partial charge < -0.3 is 11.5 Å². The van der Waals surface area contributed by atoms with Crippen LogP contribution in [0.25, 0.3) is 5.52 Å². The molecule has 0 amide bonds. The first-order valence-electron chi connectivity index (χ1n) is 5.99. The summed E-state index contributed by atoms with van der Waals surface area (Å²) >= 11 is 0. The molecular weight excluding hydrogens is 212 g/mol. The molecule has 4 heteroatoms. The summed E-state index contributed by atoms with van der Waals surface area (Å²) in [4.78, 5) is 0. The van der Waals surface area contributed by atoms with Crippen LogP contribution in [0.2, 0.25) is 0 Å². The molecule has 17 heavy (non-hydrogen) atoms. The number of nitrogen functional groups attached to an aromatic ring is 2. The second kappa shape index (κ2) is 3.95. The highest BCUT2D eigenvalue weighted by atomic mass is 15.2. The predicted octanol–water partition coefficient (Wildman–Crippen LogP) is 2.75. The topological polar surface area (TPSA) is 69.3 Å². The molecule has 0 saturated carbocycles. The van der Waals surface area contributed by atoms with Gasteiger partial charge in [-0.05, 0) is 17.9 Å². The highest BCUT2D eigenvalue weighted by molar-refractivity contribution is 5.76. The summed E-state index contributed by atoms with van der Waals surface area (Å²) in [6.07, 6.45) is 1.76. The smallest absolute Gasteiger partial charge is 0.131 e. The fraction of sp³-hybridized carbons (Fsp3) is 0.462. The fourth-order valence-electron chi connectivity index (χ4n) is 2.45. The fourth-order valence-corrected chi connectivity index (χ4v) is 2.45. The van der Waals surface area contributed by atoms with Crippen LogP contribution in [0.1, 0.15) is 50.7 Å². The third-order valence-electron chi connectivity index (χ3n) is 3.16. The molecule has 0 unspecified atom stereocenters. The molecule has 2 rings (SSSR count). The lowest BCUT2D eigenvalue weighted by atomic mass is 9.93. The van der Waals surface area contributed by atoms with Gasteiger partial charge in [0.05, 0.1) is 11.7 Å². The zero-order chi connectivity index (χ0) is 12.7. The van der Waals surface area contributed by atoms with Gasteiger partial charge in [0.25, 0.3) is 0 Å². The SMILES string of the molecule is CC(C)c1c(N)c(C(C)C)c2ccnn2c1N. The third-order valence-corrected chi connectivity index (χ3v) is 3.16. The van der Waals surface area contributed by atoms with Crippen molar-refractivity contribution in [3.8, 4) is 0 Å². The number of rotatable bonds is 2. The van der Waals surface area contributed by atoms with Gasteiger partial charge in [-0.25, -0.2) is 4.52 Å². The second-order valence-electron chi connectivity index (χ2n) is 5.06. The van der Waals surface area contributed by atoms with Crippen molar-refractivity contribution >= 4 is 17.0 Å². The summed E-state index contributed by atoms with van der Waals surface area (Å²) in [5.74, 6) is 1.30. The maximum atomic E-state index is 6.29. The van der Waals surface area contributed by atoms with E-state index >= 15 is 0 Å². The molecule has 0 aliphatic rings. The van der Waals surface area contributed by atoms with Crippen molar-refractivity contribution in [2.24, 2.45) is 0 Å². The Morgan fingerprint density at radius 3 is 2.18 bits per heavy atom. The van der Waals surface area contributed by atoms with E-state index in [-0.39, 0.29) is 0 Å². The van der Waals surface area contributed by atoms with Gasteiger partial charge in [-0.2, -0.15) is 5.10 Å². The highest BCUT2D eigenvalue weighted by Crippen LogP contribution is 2.36. The standard InChI is InChI=1S/C13H20N4/c1-7(2)10-9-5-6-16-17(9)13(15)11(8(3)4)12(10)14/h5-8H,14-15H2,1-4H3. The van der Waals surface area contributed by atoms with E-state index in [2.05, 4.69) is 32.8 Å². The largest absolute Gasteiger partial charge is 0.398 e. The van der Waals surface area contributed by atoms with Gasteiger partial charge in [0.15, 0.2) is 0 Å². The van der Waals surface area contributed by atoms with Gasteiger partial charge in [0, 0.05) is 16.8 Å². The van der Waals surface area contributed by atoms with E-state index in [1.54, 1.807) is 10.7 Å². The Kier molecular flexibility index (Phi) is 2.73. The minimum atomic E-state index is 0.293. The average Bonchev–Trinajstić information content (AvgIpc) is 2.65. The lowest BCUT2D eigenvalue weighted by Gasteiger charge is -2.20. The molecule has 0 saturated heterocycles. The molecule has 2 aromatic rings. The van der Waals surface area contributed by atoms with Crippen molar-refractivity contribution in [3.05, 3.63) is 23.4 Å². The van der Waals surface area contributed by atoms with E-state index in [1.165, 1.54) is 0 Å². The van der Waals surface area contributed by atoms with Crippen LogP contribution in [0.15, 0.2) is 12.3 Å². The molecule has 0 fully saturated rings. The Morgan fingerprint density at radius 1 is 1.06 bits per heavy atom. The lowest BCUT2D eigenvalue weighted by Crippen LogP contribution is -2.12. The van der Waals surface area contributed by atoms with E-state index in [0.29, 0.717) is 17.7 Å². The molecule has 0 aromatic carbocycles. The van der Waals surface area contributed by atoms with Gasteiger partial charge in [-0.3, -0.25) is 0 Å². The third kappa shape index (κ3) is 1.64. The number of nitrogens with zero attached hydrogens (tertiary/aromatic N) is 2. The summed E-state index contributed by atoms with van der Waals surface area (Å²) in [5.41, 5.74) is 16.4. The molecule has 0 aliphatic carbocycles. The molecule has 0 bridgehead atoms. The quantitative estimate of drug-likeness (QED) is 0.836. The van der Waals surface area contributed by atoms with Crippen LogP contribution in [-0.4, -0.2) is 9.61 Å². The van der Waals surface area contributed by atoms with Crippen molar-refractivity contribution in [2.45, 2.75) is 39.5 Å². The molecule has 4 nitrogen and oxygen atoms in total. The van der Waals surface area contributed by atoms with Crippen LogP contribution < -0.4 is 11.5 Å². The number of nitrogens with two attached hydrogens (primary N) is 2. The minimum Gasteiger partial charge on any atom is -0.398 e. The van der Waals surface area contributed by atoms with E-state index in [4.69, 9.17) is 11.5 Å². The Morgan fingerprint density at radius 2 is 1.65 bits per heavy atom. The zero-order valence-electron chi connectivity index (χ0n) is 10.9. The summed E-state index contributed by atoms with van der Waals surface area (Å²) in [6.45, 7) is 8.47. The van der Waals surface area contributed by atoms with E-state index in [1.807, 2.05) is 6.07 Å². The number of fused-ring (bicyclic) bond motifs is 1. The second-order valence-corrected chi connectivity index (χ2v) is 5.06. The number of hydrogen-bond acceptors (Lipinski definition) is 3. The van der Waals surface area contributed by atoms with Gasteiger partial charge in [-0.15, -0.1) is 0 Å². The van der Waals surface area contributed by atoms with Crippen LogP contribution in [0.3, 0.4) is 0 Å². The van der Waals surface area contributed by atoms with Crippen molar-refractivity contribution in [3.63, 3.8) is 0 Å². The summed E-state index contributed by atoms with van der Waals surface area (Å²) in [6, 6.07) is 1.96. The zero-order valence-corrected chi connectivity index (χ0v) is 10.9. The van der Waals surface area contributed by atoms with Crippen LogP contribution in [-0.2, 0) is 0 Å². The van der Waals surface area contributed by atoms with Crippen LogP contribution in [0, 0.1) is 0 Å². The van der Waals surface area contributed by atoms with Crippen molar-refractivity contribution < 1.29 is 0 Å².